The average molecular weight is 609 g/mol. The number of nitrogens with zero attached hydrogens (tertiary/aromatic N) is 2. The van der Waals surface area contributed by atoms with E-state index in [1.165, 1.54) is 55.3 Å². The molecule has 1 aliphatic rings. The number of nitro benzene ring substituents is 1. The van der Waals surface area contributed by atoms with E-state index in [9.17, 15) is 29.3 Å². The van der Waals surface area contributed by atoms with Crippen LogP contribution in [-0.2, 0) is 14.4 Å². The molecule has 0 radical (unpaired) electrons. The highest BCUT2D eigenvalue weighted by molar-refractivity contribution is 8.18. The Bertz CT molecular complexity index is 1590. The topological polar surface area (TPSA) is 157 Å². The van der Waals surface area contributed by atoms with Crippen LogP contribution in [0.1, 0.15) is 5.56 Å². The van der Waals surface area contributed by atoms with Crippen molar-refractivity contribution < 1.29 is 33.6 Å². The number of nitrogens with one attached hydrogen (secondary N) is 2. The first-order valence-electron chi connectivity index (χ1n) is 12.2. The fourth-order valence-corrected chi connectivity index (χ4v) is 5.06. The van der Waals surface area contributed by atoms with Gasteiger partial charge in [-0.1, -0.05) is 18.2 Å². The molecule has 12 nitrogen and oxygen atoms in total. The smallest absolute Gasteiger partial charge is 0.294 e. The number of carbonyl (C=O) groups is 4. The first-order chi connectivity index (χ1) is 20.2. The van der Waals surface area contributed by atoms with E-state index in [0.29, 0.717) is 23.0 Å². The molecule has 0 unspecified atom stereocenters. The average Bonchev–Trinajstić information content (AvgIpc) is 3.23. The molecule has 1 saturated heterocycles. The van der Waals surface area contributed by atoms with E-state index in [1.807, 2.05) is 12.3 Å². The van der Waals surface area contributed by atoms with Gasteiger partial charge in [-0.2, -0.15) is 0 Å². The predicted octanol–water partition coefficient (Wildman–Crippen LogP) is 5.02. The SMILES string of the molecule is COc1cc(/C=C2\SC(=O)N(CC(=O)Nc3cccc(SC)c3)C2=O)ccc1OCC(=O)Nc1cccc([N+](=O)[O-])c1. The minimum absolute atomic E-state index is 0.129. The van der Waals surface area contributed by atoms with Gasteiger partial charge in [0.05, 0.1) is 16.9 Å². The monoisotopic (exact) mass is 608 g/mol. The van der Waals surface area contributed by atoms with Gasteiger partial charge in [-0.05, 0) is 66.1 Å². The van der Waals surface area contributed by atoms with E-state index in [2.05, 4.69) is 10.6 Å². The van der Waals surface area contributed by atoms with E-state index < -0.39 is 41.0 Å². The number of methoxy groups -OCH3 is 1. The van der Waals surface area contributed by atoms with Crippen molar-refractivity contribution in [1.82, 2.24) is 4.90 Å². The van der Waals surface area contributed by atoms with Crippen LogP contribution >= 0.6 is 23.5 Å². The van der Waals surface area contributed by atoms with Gasteiger partial charge in [-0.3, -0.25) is 34.2 Å². The third-order valence-corrected chi connectivity index (χ3v) is 7.35. The summed E-state index contributed by atoms with van der Waals surface area (Å²) >= 11 is 2.23. The van der Waals surface area contributed by atoms with Crippen molar-refractivity contribution in [2.75, 3.05) is 37.2 Å². The number of ether oxygens (including phenoxy) is 2. The van der Waals surface area contributed by atoms with E-state index in [-0.39, 0.29) is 27.8 Å². The number of nitro groups is 1. The number of hydrogen-bond acceptors (Lipinski definition) is 10. The lowest BCUT2D eigenvalue weighted by Crippen LogP contribution is -2.36. The molecule has 1 heterocycles. The summed E-state index contributed by atoms with van der Waals surface area (Å²) in [7, 11) is 1.40. The van der Waals surface area contributed by atoms with Gasteiger partial charge in [0.15, 0.2) is 18.1 Å². The van der Waals surface area contributed by atoms with Crippen molar-refractivity contribution in [1.29, 1.82) is 0 Å². The highest BCUT2D eigenvalue weighted by Crippen LogP contribution is 2.34. The fourth-order valence-electron chi connectivity index (χ4n) is 3.76. The van der Waals surface area contributed by atoms with Gasteiger partial charge in [-0.15, -0.1) is 11.8 Å². The van der Waals surface area contributed by atoms with Crippen molar-refractivity contribution in [3.05, 3.63) is 87.3 Å². The van der Waals surface area contributed by atoms with Crippen LogP contribution in [-0.4, -0.2) is 59.3 Å². The second-order valence-electron chi connectivity index (χ2n) is 8.60. The summed E-state index contributed by atoms with van der Waals surface area (Å²) in [5.74, 6) is -1.15. The first kappa shape index (κ1) is 30.1. The molecule has 0 aromatic heterocycles. The lowest BCUT2D eigenvalue weighted by atomic mass is 10.2. The third-order valence-electron chi connectivity index (χ3n) is 5.71. The Hall–Kier alpha value is -4.82. The number of anilines is 2. The summed E-state index contributed by atoms with van der Waals surface area (Å²) in [6, 6.07) is 17.4. The first-order valence-corrected chi connectivity index (χ1v) is 14.3. The molecule has 2 N–H and O–H groups in total. The summed E-state index contributed by atoms with van der Waals surface area (Å²) in [5.41, 5.74) is 1.16. The maximum Gasteiger partial charge on any atom is 0.294 e. The maximum atomic E-state index is 12.9. The molecule has 0 atom stereocenters. The lowest BCUT2D eigenvalue weighted by molar-refractivity contribution is -0.384. The zero-order chi connectivity index (χ0) is 30.2. The number of thioether (sulfide) groups is 2. The molecule has 3 aromatic carbocycles. The molecule has 0 aliphatic carbocycles. The standard InChI is InChI=1S/C28H24N4O8S2/c1-39-23-11-17(9-10-22(23)40-16-26(34)30-18-5-3-7-20(13-18)32(37)38)12-24-27(35)31(28(36)42-24)15-25(33)29-19-6-4-8-21(14-19)41-2/h3-14H,15-16H2,1-2H3,(H,29,33)(H,30,34)/b24-12-. The van der Waals surface area contributed by atoms with Crippen LogP contribution < -0.4 is 20.1 Å². The van der Waals surface area contributed by atoms with Gasteiger partial charge in [0.1, 0.15) is 6.54 Å². The number of hydrogen-bond donors (Lipinski definition) is 2. The van der Waals surface area contributed by atoms with Gasteiger partial charge in [0.25, 0.3) is 22.7 Å². The largest absolute Gasteiger partial charge is 0.493 e. The summed E-state index contributed by atoms with van der Waals surface area (Å²) < 4.78 is 10.9. The van der Waals surface area contributed by atoms with E-state index in [4.69, 9.17) is 9.47 Å². The summed E-state index contributed by atoms with van der Waals surface area (Å²) in [5, 5.41) is 15.6. The summed E-state index contributed by atoms with van der Waals surface area (Å²) in [6.45, 7) is -0.832. The van der Waals surface area contributed by atoms with Crippen LogP contribution in [0.5, 0.6) is 11.5 Å². The van der Waals surface area contributed by atoms with Crippen molar-refractivity contribution >= 4 is 69.6 Å². The van der Waals surface area contributed by atoms with Crippen LogP contribution in [0.25, 0.3) is 6.08 Å². The third kappa shape index (κ3) is 7.67. The molecule has 0 bridgehead atoms. The number of amides is 4. The minimum Gasteiger partial charge on any atom is -0.493 e. The van der Waals surface area contributed by atoms with Gasteiger partial charge < -0.3 is 20.1 Å². The molecule has 42 heavy (non-hydrogen) atoms. The molecule has 216 valence electrons. The quantitative estimate of drug-likeness (QED) is 0.131. The molecule has 4 rings (SSSR count). The molecular weight excluding hydrogens is 584 g/mol. The van der Waals surface area contributed by atoms with E-state index >= 15 is 0 Å². The van der Waals surface area contributed by atoms with Crippen LogP contribution in [0.4, 0.5) is 21.9 Å². The molecule has 1 fully saturated rings. The number of benzene rings is 3. The van der Waals surface area contributed by atoms with Crippen molar-refractivity contribution in [2.45, 2.75) is 4.90 Å². The van der Waals surface area contributed by atoms with Crippen molar-refractivity contribution in [3.8, 4) is 11.5 Å². The zero-order valence-electron chi connectivity index (χ0n) is 22.3. The number of carbonyl (C=O) groups excluding carboxylic acids is 4. The van der Waals surface area contributed by atoms with Crippen molar-refractivity contribution in [3.63, 3.8) is 0 Å². The lowest BCUT2D eigenvalue weighted by Gasteiger charge is -2.13. The Labute approximate surface area is 248 Å². The Kier molecular flexibility index (Phi) is 9.83. The van der Waals surface area contributed by atoms with Crippen LogP contribution in [0.3, 0.4) is 0 Å². The van der Waals surface area contributed by atoms with Gasteiger partial charge in [0, 0.05) is 28.4 Å². The van der Waals surface area contributed by atoms with E-state index in [1.54, 1.807) is 30.3 Å². The van der Waals surface area contributed by atoms with Gasteiger partial charge >= 0.3 is 0 Å². The number of non-ortho nitro benzene ring substituents is 1. The summed E-state index contributed by atoms with van der Waals surface area (Å²) in [4.78, 5) is 62.6. The van der Waals surface area contributed by atoms with Crippen LogP contribution in [0.15, 0.2) is 76.5 Å². The highest BCUT2D eigenvalue weighted by atomic mass is 32.2. The minimum atomic E-state index is -0.602. The van der Waals surface area contributed by atoms with Crippen molar-refractivity contribution in [2.24, 2.45) is 0 Å². The Morgan fingerprint density at radius 3 is 2.43 bits per heavy atom. The van der Waals surface area contributed by atoms with E-state index in [0.717, 1.165) is 9.80 Å². The molecule has 14 heteroatoms. The molecule has 0 spiro atoms. The number of imide groups is 1. The second-order valence-corrected chi connectivity index (χ2v) is 10.5. The zero-order valence-corrected chi connectivity index (χ0v) is 24.0. The Balaban J connectivity index is 1.37. The highest BCUT2D eigenvalue weighted by Gasteiger charge is 2.36. The number of rotatable bonds is 11. The fraction of sp³-hybridized carbons (Fsp3) is 0.143. The summed E-state index contributed by atoms with van der Waals surface area (Å²) in [6.07, 6.45) is 3.40. The Morgan fingerprint density at radius 1 is 1.00 bits per heavy atom. The second kappa shape index (κ2) is 13.7. The molecule has 4 amide bonds. The predicted molar refractivity (Wildman–Crippen MR) is 160 cm³/mol. The van der Waals surface area contributed by atoms with Gasteiger partial charge in [-0.25, -0.2) is 0 Å². The van der Waals surface area contributed by atoms with Crippen LogP contribution in [0.2, 0.25) is 0 Å². The van der Waals surface area contributed by atoms with Crippen LogP contribution in [0, 0.1) is 10.1 Å². The molecule has 1 aliphatic heterocycles. The maximum absolute atomic E-state index is 12.9. The molecule has 3 aromatic rings. The Morgan fingerprint density at radius 2 is 1.71 bits per heavy atom. The van der Waals surface area contributed by atoms with Gasteiger partial charge in [0.2, 0.25) is 5.91 Å². The molecular formula is C28H24N4O8S2. The molecule has 0 saturated carbocycles. The normalized spacial score (nSPS) is 13.7.